The summed E-state index contributed by atoms with van der Waals surface area (Å²) in [5.41, 5.74) is 2.03. The van der Waals surface area contributed by atoms with Crippen molar-refractivity contribution in [3.8, 4) is 11.5 Å². The number of rotatable bonds is 4. The number of ether oxygens (including phenoxy) is 2. The first-order valence-corrected chi connectivity index (χ1v) is 11.8. The van der Waals surface area contributed by atoms with E-state index < -0.39 is 12.0 Å². The largest absolute Gasteiger partial charge is 0.454 e. The number of benzene rings is 2. The topological polar surface area (TPSA) is 93.7 Å². The molecule has 9 heteroatoms. The maximum absolute atomic E-state index is 13.7. The van der Waals surface area contributed by atoms with Gasteiger partial charge in [-0.05, 0) is 42.2 Å². The van der Waals surface area contributed by atoms with Crippen LogP contribution in [0.4, 0.5) is 5.13 Å². The molecule has 0 spiro atoms. The van der Waals surface area contributed by atoms with Crippen molar-refractivity contribution in [1.29, 1.82) is 0 Å². The van der Waals surface area contributed by atoms with Crippen molar-refractivity contribution in [3.05, 3.63) is 64.2 Å². The van der Waals surface area contributed by atoms with Crippen molar-refractivity contribution in [2.75, 3.05) is 19.2 Å². The Kier molecular flexibility index (Phi) is 4.79. The molecule has 0 unspecified atom stereocenters. The van der Waals surface area contributed by atoms with Crippen LogP contribution in [0.25, 0.3) is 0 Å². The number of aromatic nitrogens is 2. The van der Waals surface area contributed by atoms with Crippen LogP contribution in [0.15, 0.2) is 42.5 Å². The summed E-state index contributed by atoms with van der Waals surface area (Å²) in [6, 6.07) is 12.3. The van der Waals surface area contributed by atoms with Gasteiger partial charge in [0.2, 0.25) is 17.8 Å². The van der Waals surface area contributed by atoms with Gasteiger partial charge in [0.05, 0.1) is 12.0 Å². The number of amides is 2. The minimum Gasteiger partial charge on any atom is -0.454 e. The van der Waals surface area contributed by atoms with E-state index in [1.165, 1.54) is 17.8 Å². The summed E-state index contributed by atoms with van der Waals surface area (Å²) in [7, 11) is 1.73. The molecule has 0 bridgehead atoms. The first kappa shape index (κ1) is 20.2. The molecule has 8 nitrogen and oxygen atoms in total. The SMILES string of the molecule is CN1C(=O)c2ccccc2[C@H](C(=O)Nc2nnc(C3CCC3)s2)[C@H]1c1ccc2c(c1)OCO2. The van der Waals surface area contributed by atoms with E-state index in [-0.39, 0.29) is 18.6 Å². The average Bonchev–Trinajstić information content (AvgIpc) is 3.43. The first-order chi connectivity index (χ1) is 16.1. The lowest BCUT2D eigenvalue weighted by atomic mass is 9.79. The monoisotopic (exact) mass is 462 g/mol. The van der Waals surface area contributed by atoms with Gasteiger partial charge in [0.15, 0.2) is 11.5 Å². The highest BCUT2D eigenvalue weighted by Gasteiger charge is 2.43. The molecule has 0 saturated heterocycles. The van der Waals surface area contributed by atoms with Crippen molar-refractivity contribution in [3.63, 3.8) is 0 Å². The Morgan fingerprint density at radius 1 is 1.12 bits per heavy atom. The summed E-state index contributed by atoms with van der Waals surface area (Å²) in [6.07, 6.45) is 3.46. The number of anilines is 1. The van der Waals surface area contributed by atoms with Gasteiger partial charge in [-0.2, -0.15) is 0 Å². The van der Waals surface area contributed by atoms with Crippen LogP contribution in [0.2, 0.25) is 0 Å². The fourth-order valence-electron chi connectivity index (χ4n) is 4.76. The van der Waals surface area contributed by atoms with Crippen LogP contribution in [0, 0.1) is 0 Å². The van der Waals surface area contributed by atoms with Crippen molar-refractivity contribution in [2.24, 2.45) is 0 Å². The Hall–Kier alpha value is -3.46. The van der Waals surface area contributed by atoms with E-state index in [1.54, 1.807) is 18.0 Å². The lowest BCUT2D eigenvalue weighted by Gasteiger charge is -2.39. The fraction of sp³-hybridized carbons (Fsp3) is 0.333. The molecule has 2 aliphatic heterocycles. The zero-order valence-corrected chi connectivity index (χ0v) is 18.8. The van der Waals surface area contributed by atoms with Gasteiger partial charge < -0.3 is 14.4 Å². The van der Waals surface area contributed by atoms with Crippen molar-refractivity contribution >= 4 is 28.3 Å². The molecular weight excluding hydrogens is 440 g/mol. The number of hydrogen-bond donors (Lipinski definition) is 1. The Bertz CT molecular complexity index is 1250. The molecule has 2 aromatic carbocycles. The second-order valence-electron chi connectivity index (χ2n) is 8.60. The van der Waals surface area contributed by atoms with Crippen LogP contribution >= 0.6 is 11.3 Å². The number of hydrogen-bond acceptors (Lipinski definition) is 7. The lowest BCUT2D eigenvalue weighted by molar-refractivity contribution is -0.119. The molecule has 1 fully saturated rings. The quantitative estimate of drug-likeness (QED) is 0.628. The van der Waals surface area contributed by atoms with Gasteiger partial charge in [-0.1, -0.05) is 42.0 Å². The first-order valence-electron chi connectivity index (χ1n) is 11.0. The zero-order chi connectivity index (χ0) is 22.5. The molecule has 168 valence electrons. The lowest BCUT2D eigenvalue weighted by Crippen LogP contribution is -2.44. The maximum atomic E-state index is 13.7. The van der Waals surface area contributed by atoms with E-state index in [2.05, 4.69) is 15.5 Å². The molecule has 3 heterocycles. The van der Waals surface area contributed by atoms with Gasteiger partial charge in [-0.25, -0.2) is 0 Å². The predicted octanol–water partition coefficient (Wildman–Crippen LogP) is 4.08. The van der Waals surface area contributed by atoms with Crippen LogP contribution in [0.3, 0.4) is 0 Å². The van der Waals surface area contributed by atoms with Gasteiger partial charge >= 0.3 is 0 Å². The predicted molar refractivity (Wildman–Crippen MR) is 122 cm³/mol. The van der Waals surface area contributed by atoms with E-state index in [9.17, 15) is 9.59 Å². The van der Waals surface area contributed by atoms with Crippen LogP contribution in [-0.2, 0) is 4.79 Å². The third-order valence-electron chi connectivity index (χ3n) is 6.73. The van der Waals surface area contributed by atoms with Gasteiger partial charge in [-0.15, -0.1) is 10.2 Å². The van der Waals surface area contributed by atoms with Gasteiger partial charge in [-0.3, -0.25) is 14.9 Å². The average molecular weight is 463 g/mol. The molecular formula is C24H22N4O4S. The highest BCUT2D eigenvalue weighted by molar-refractivity contribution is 7.15. The van der Waals surface area contributed by atoms with Crippen molar-refractivity contribution in [1.82, 2.24) is 15.1 Å². The number of fused-ring (bicyclic) bond motifs is 2. The minimum absolute atomic E-state index is 0.125. The van der Waals surface area contributed by atoms with Crippen LogP contribution in [0.5, 0.6) is 11.5 Å². The highest BCUT2D eigenvalue weighted by atomic mass is 32.1. The normalized spacial score (nSPS) is 21.5. The van der Waals surface area contributed by atoms with E-state index in [0.29, 0.717) is 33.7 Å². The summed E-state index contributed by atoms with van der Waals surface area (Å²) in [5, 5.41) is 12.9. The number of likely N-dealkylation sites (N-methyl/N-ethyl adjacent to an activating group) is 1. The Morgan fingerprint density at radius 2 is 1.94 bits per heavy atom. The molecule has 0 radical (unpaired) electrons. The summed E-state index contributed by atoms with van der Waals surface area (Å²) in [4.78, 5) is 28.5. The molecule has 1 N–H and O–H groups in total. The number of carbonyl (C=O) groups excluding carboxylic acids is 2. The summed E-state index contributed by atoms with van der Waals surface area (Å²) in [5.74, 6) is 0.748. The van der Waals surface area contributed by atoms with Gasteiger partial charge in [0.25, 0.3) is 5.91 Å². The molecule has 6 rings (SSSR count). The summed E-state index contributed by atoms with van der Waals surface area (Å²) in [6.45, 7) is 0.158. The molecule has 33 heavy (non-hydrogen) atoms. The number of nitrogens with zero attached hydrogens (tertiary/aromatic N) is 3. The number of nitrogens with one attached hydrogen (secondary N) is 1. The van der Waals surface area contributed by atoms with Crippen LogP contribution in [-0.4, -0.2) is 40.8 Å². The van der Waals surface area contributed by atoms with Crippen molar-refractivity contribution in [2.45, 2.75) is 37.1 Å². The highest BCUT2D eigenvalue weighted by Crippen LogP contribution is 2.45. The smallest absolute Gasteiger partial charge is 0.254 e. The standard InChI is InChI=1S/C24H22N4O4S/c1-28-20(14-9-10-17-18(11-14)32-12-31-17)19(15-7-2-3-8-16(15)23(28)30)21(29)25-24-27-26-22(33-24)13-5-4-6-13/h2-3,7-11,13,19-20H,4-6,12H2,1H3,(H,25,27,29)/t19-,20+/m0/s1. The van der Waals surface area contributed by atoms with Gasteiger partial charge in [0, 0.05) is 18.5 Å². The summed E-state index contributed by atoms with van der Waals surface area (Å²) >= 11 is 1.43. The Morgan fingerprint density at radius 3 is 2.76 bits per heavy atom. The third kappa shape index (κ3) is 3.34. The maximum Gasteiger partial charge on any atom is 0.254 e. The van der Waals surface area contributed by atoms with E-state index in [1.807, 2.05) is 36.4 Å². The fourth-order valence-corrected chi connectivity index (χ4v) is 5.67. The third-order valence-corrected chi connectivity index (χ3v) is 7.73. The minimum atomic E-state index is -0.625. The van der Waals surface area contributed by atoms with Crippen molar-refractivity contribution < 1.29 is 19.1 Å². The molecule has 2 atom stereocenters. The molecule has 1 aliphatic carbocycles. The number of carbonyl (C=O) groups is 2. The zero-order valence-electron chi connectivity index (χ0n) is 18.0. The van der Waals surface area contributed by atoms with Crippen LogP contribution in [0.1, 0.15) is 63.6 Å². The van der Waals surface area contributed by atoms with E-state index in [0.717, 1.165) is 23.4 Å². The molecule has 1 saturated carbocycles. The van der Waals surface area contributed by atoms with Gasteiger partial charge in [0.1, 0.15) is 5.01 Å². The molecule has 3 aromatic rings. The van der Waals surface area contributed by atoms with Crippen LogP contribution < -0.4 is 14.8 Å². The Labute approximate surface area is 194 Å². The molecule has 1 aromatic heterocycles. The second-order valence-corrected chi connectivity index (χ2v) is 9.61. The Balaban J connectivity index is 1.38. The van der Waals surface area contributed by atoms with E-state index >= 15 is 0 Å². The summed E-state index contributed by atoms with van der Waals surface area (Å²) < 4.78 is 11.0. The van der Waals surface area contributed by atoms with E-state index in [4.69, 9.17) is 9.47 Å². The second kappa shape index (κ2) is 7.84. The molecule has 3 aliphatic rings. The molecule has 2 amide bonds.